The Morgan fingerprint density at radius 3 is 2.48 bits per heavy atom. The highest BCUT2D eigenvalue weighted by atomic mass is 19.1. The molecular formula is C17H28FN3. The van der Waals surface area contributed by atoms with E-state index in [9.17, 15) is 4.39 Å². The number of hydrogen-bond donors (Lipinski definition) is 1. The van der Waals surface area contributed by atoms with Crippen LogP contribution in [0.1, 0.15) is 32.8 Å². The molecule has 0 bridgehead atoms. The lowest BCUT2D eigenvalue weighted by molar-refractivity contribution is 0.170. The first-order valence-electron chi connectivity index (χ1n) is 7.93. The molecule has 1 aromatic carbocycles. The zero-order valence-corrected chi connectivity index (χ0v) is 13.6. The molecule has 1 saturated heterocycles. The zero-order valence-electron chi connectivity index (χ0n) is 13.6. The predicted molar refractivity (Wildman–Crippen MR) is 87.3 cm³/mol. The molecule has 21 heavy (non-hydrogen) atoms. The van der Waals surface area contributed by atoms with Crippen LogP contribution in [0.2, 0.25) is 0 Å². The molecule has 0 aromatic heterocycles. The fraction of sp³-hybridized carbons (Fsp3) is 0.647. The molecule has 3 nitrogen and oxygen atoms in total. The van der Waals surface area contributed by atoms with Crippen LogP contribution in [0.4, 0.5) is 10.1 Å². The fourth-order valence-electron chi connectivity index (χ4n) is 3.05. The third kappa shape index (κ3) is 3.74. The van der Waals surface area contributed by atoms with E-state index >= 15 is 0 Å². The van der Waals surface area contributed by atoms with Crippen molar-refractivity contribution in [2.75, 3.05) is 25.0 Å². The molecule has 0 radical (unpaired) electrons. The van der Waals surface area contributed by atoms with E-state index in [1.807, 2.05) is 6.07 Å². The average Bonchev–Trinajstić information content (AvgIpc) is 2.44. The van der Waals surface area contributed by atoms with Crippen molar-refractivity contribution in [3.63, 3.8) is 0 Å². The Balaban J connectivity index is 2.26. The molecule has 1 aliphatic rings. The zero-order chi connectivity index (χ0) is 15.6. The number of hydrogen-bond acceptors (Lipinski definition) is 3. The molecule has 2 rings (SSSR count). The lowest BCUT2D eigenvalue weighted by Crippen LogP contribution is -2.55. The average molecular weight is 293 g/mol. The van der Waals surface area contributed by atoms with Gasteiger partial charge in [-0.1, -0.05) is 6.92 Å². The molecule has 1 aliphatic heterocycles. The first kappa shape index (κ1) is 16.2. The van der Waals surface area contributed by atoms with Crippen molar-refractivity contribution in [2.24, 2.45) is 5.73 Å². The molecule has 1 aromatic rings. The second kappa shape index (κ2) is 6.75. The Bertz CT molecular complexity index is 465. The van der Waals surface area contributed by atoms with Crippen molar-refractivity contribution in [1.29, 1.82) is 0 Å². The van der Waals surface area contributed by atoms with Gasteiger partial charge in [0.05, 0.1) is 0 Å². The maximum atomic E-state index is 13.6. The Morgan fingerprint density at radius 2 is 1.90 bits per heavy atom. The summed E-state index contributed by atoms with van der Waals surface area (Å²) in [5, 5.41) is 0. The first-order valence-corrected chi connectivity index (χ1v) is 7.93. The van der Waals surface area contributed by atoms with Crippen LogP contribution in [0.5, 0.6) is 0 Å². The van der Waals surface area contributed by atoms with Crippen LogP contribution in [-0.4, -0.2) is 43.2 Å². The summed E-state index contributed by atoms with van der Waals surface area (Å²) >= 11 is 0. The van der Waals surface area contributed by atoms with E-state index < -0.39 is 0 Å². The second-order valence-corrected chi connectivity index (χ2v) is 6.41. The van der Waals surface area contributed by atoms with Crippen LogP contribution in [0.15, 0.2) is 18.2 Å². The standard InChI is InChI=1S/C17H28FN3/c1-5-16(19)9-14-8-15(18)6-7-17(14)21-10-12(2)20(4)13(3)11-21/h6-8,12-13,16H,5,9-11,19H2,1-4H3. The highest BCUT2D eigenvalue weighted by Crippen LogP contribution is 2.27. The Kier molecular flexibility index (Phi) is 5.22. The third-order valence-electron chi connectivity index (χ3n) is 4.75. The van der Waals surface area contributed by atoms with E-state index in [0.29, 0.717) is 12.1 Å². The lowest BCUT2D eigenvalue weighted by Gasteiger charge is -2.44. The van der Waals surface area contributed by atoms with Crippen LogP contribution < -0.4 is 10.6 Å². The number of piperazine rings is 1. The number of anilines is 1. The van der Waals surface area contributed by atoms with E-state index in [-0.39, 0.29) is 11.9 Å². The molecular weight excluding hydrogens is 265 g/mol. The van der Waals surface area contributed by atoms with Gasteiger partial charge in [0, 0.05) is 36.9 Å². The second-order valence-electron chi connectivity index (χ2n) is 6.41. The van der Waals surface area contributed by atoms with Crippen LogP contribution in [-0.2, 0) is 6.42 Å². The van der Waals surface area contributed by atoms with Crippen molar-refractivity contribution in [3.8, 4) is 0 Å². The molecule has 1 heterocycles. The third-order valence-corrected chi connectivity index (χ3v) is 4.75. The summed E-state index contributed by atoms with van der Waals surface area (Å²) < 4.78 is 13.6. The molecule has 0 spiro atoms. The summed E-state index contributed by atoms with van der Waals surface area (Å²) in [6.45, 7) is 8.50. The highest BCUT2D eigenvalue weighted by Gasteiger charge is 2.27. The van der Waals surface area contributed by atoms with Gasteiger partial charge in [0.15, 0.2) is 0 Å². The number of nitrogens with two attached hydrogens (primary N) is 1. The monoisotopic (exact) mass is 293 g/mol. The van der Waals surface area contributed by atoms with Gasteiger partial charge in [-0.15, -0.1) is 0 Å². The van der Waals surface area contributed by atoms with Gasteiger partial charge in [0.1, 0.15) is 5.82 Å². The number of halogens is 1. The summed E-state index contributed by atoms with van der Waals surface area (Å²) in [5.74, 6) is -0.174. The fourth-order valence-corrected chi connectivity index (χ4v) is 3.05. The lowest BCUT2D eigenvalue weighted by atomic mass is 10.00. The van der Waals surface area contributed by atoms with E-state index in [4.69, 9.17) is 5.73 Å². The smallest absolute Gasteiger partial charge is 0.123 e. The van der Waals surface area contributed by atoms with Crippen LogP contribution in [0.25, 0.3) is 0 Å². The van der Waals surface area contributed by atoms with E-state index in [2.05, 4.69) is 37.6 Å². The molecule has 4 heteroatoms. The Hall–Kier alpha value is -1.13. The van der Waals surface area contributed by atoms with Gasteiger partial charge in [-0.2, -0.15) is 0 Å². The molecule has 2 N–H and O–H groups in total. The van der Waals surface area contributed by atoms with Crippen LogP contribution >= 0.6 is 0 Å². The molecule has 3 atom stereocenters. The minimum Gasteiger partial charge on any atom is -0.368 e. The van der Waals surface area contributed by atoms with Gasteiger partial charge in [-0.25, -0.2) is 4.39 Å². The predicted octanol–water partition coefficient (Wildman–Crippen LogP) is 2.63. The first-order chi connectivity index (χ1) is 9.92. The SMILES string of the molecule is CCC(N)Cc1cc(F)ccc1N1CC(C)N(C)C(C)C1. The summed E-state index contributed by atoms with van der Waals surface area (Å²) in [6, 6.07) is 6.20. The number of nitrogens with zero attached hydrogens (tertiary/aromatic N) is 2. The summed E-state index contributed by atoms with van der Waals surface area (Å²) in [4.78, 5) is 4.78. The molecule has 0 aliphatic carbocycles. The largest absolute Gasteiger partial charge is 0.368 e. The van der Waals surface area contributed by atoms with Crippen LogP contribution in [0.3, 0.4) is 0 Å². The van der Waals surface area contributed by atoms with Gasteiger partial charge in [0.25, 0.3) is 0 Å². The van der Waals surface area contributed by atoms with Gasteiger partial charge in [0.2, 0.25) is 0 Å². The summed E-state index contributed by atoms with van der Waals surface area (Å²) in [6.07, 6.45) is 1.64. The van der Waals surface area contributed by atoms with Crippen molar-refractivity contribution < 1.29 is 4.39 Å². The Morgan fingerprint density at radius 1 is 1.29 bits per heavy atom. The highest BCUT2D eigenvalue weighted by molar-refractivity contribution is 5.55. The minimum absolute atomic E-state index is 0.0906. The van der Waals surface area contributed by atoms with Gasteiger partial charge < -0.3 is 10.6 Å². The van der Waals surface area contributed by atoms with E-state index in [1.54, 1.807) is 12.1 Å². The van der Waals surface area contributed by atoms with E-state index in [1.165, 1.54) is 0 Å². The minimum atomic E-state index is -0.174. The number of rotatable bonds is 4. The number of likely N-dealkylation sites (N-methyl/N-ethyl adjacent to an activating group) is 1. The normalized spacial score (nSPS) is 25.1. The molecule has 3 unspecified atom stereocenters. The van der Waals surface area contributed by atoms with Crippen molar-refractivity contribution in [2.45, 2.75) is 51.7 Å². The summed E-state index contributed by atoms with van der Waals surface area (Å²) in [7, 11) is 2.17. The summed E-state index contributed by atoms with van der Waals surface area (Å²) in [5.41, 5.74) is 8.26. The molecule has 0 amide bonds. The van der Waals surface area contributed by atoms with Gasteiger partial charge >= 0.3 is 0 Å². The van der Waals surface area contributed by atoms with Gasteiger partial charge in [-0.05, 0) is 57.5 Å². The maximum absolute atomic E-state index is 13.6. The van der Waals surface area contributed by atoms with Crippen molar-refractivity contribution in [1.82, 2.24) is 4.90 Å². The quantitative estimate of drug-likeness (QED) is 0.926. The number of benzene rings is 1. The maximum Gasteiger partial charge on any atom is 0.123 e. The van der Waals surface area contributed by atoms with E-state index in [0.717, 1.165) is 37.2 Å². The topological polar surface area (TPSA) is 32.5 Å². The van der Waals surface area contributed by atoms with Gasteiger partial charge in [-0.3, -0.25) is 4.90 Å². The molecule has 0 saturated carbocycles. The van der Waals surface area contributed by atoms with Crippen molar-refractivity contribution >= 4 is 5.69 Å². The molecule has 118 valence electrons. The Labute approximate surface area is 127 Å². The van der Waals surface area contributed by atoms with Crippen LogP contribution in [0, 0.1) is 5.82 Å². The molecule has 1 fully saturated rings. The van der Waals surface area contributed by atoms with Crippen molar-refractivity contribution in [3.05, 3.63) is 29.6 Å².